The highest BCUT2D eigenvalue weighted by atomic mass is 16.6. The first-order valence-corrected chi connectivity index (χ1v) is 6.93. The summed E-state index contributed by atoms with van der Waals surface area (Å²) in [5.74, 6) is -1.48. The standard InChI is InChI=1S/C14H21NO6/c1-12(2,3)21-11(19)15-8-14(6-5-9(16)20-14)7-13(15,4)10(17)18/h5-8H2,1-4H3,(H,17,18)/t13?,14-/m1/s1. The second-order valence-corrected chi connectivity index (χ2v) is 6.98. The minimum Gasteiger partial charge on any atom is -0.480 e. The lowest BCUT2D eigenvalue weighted by Gasteiger charge is -2.32. The molecule has 7 nitrogen and oxygen atoms in total. The summed E-state index contributed by atoms with van der Waals surface area (Å²) in [5.41, 5.74) is -3.06. The van der Waals surface area contributed by atoms with Gasteiger partial charge in [-0.15, -0.1) is 0 Å². The van der Waals surface area contributed by atoms with E-state index in [9.17, 15) is 19.5 Å². The molecular weight excluding hydrogens is 278 g/mol. The lowest BCUT2D eigenvalue weighted by molar-refractivity contribution is -0.151. The van der Waals surface area contributed by atoms with Crippen LogP contribution in [-0.4, -0.2) is 51.3 Å². The number of likely N-dealkylation sites (tertiary alicyclic amines) is 1. The molecule has 0 aromatic carbocycles. The Morgan fingerprint density at radius 1 is 1.38 bits per heavy atom. The van der Waals surface area contributed by atoms with Crippen LogP contribution >= 0.6 is 0 Å². The Kier molecular flexibility index (Phi) is 3.42. The van der Waals surface area contributed by atoms with Crippen LogP contribution in [0.2, 0.25) is 0 Å². The predicted molar refractivity (Wildman–Crippen MR) is 71.7 cm³/mol. The van der Waals surface area contributed by atoms with Gasteiger partial charge in [-0.3, -0.25) is 9.69 Å². The number of carboxylic acids is 1. The lowest BCUT2D eigenvalue weighted by Crippen LogP contribution is -2.52. The summed E-state index contributed by atoms with van der Waals surface area (Å²) >= 11 is 0. The third kappa shape index (κ3) is 2.82. The van der Waals surface area contributed by atoms with Crippen LogP contribution in [-0.2, 0) is 19.1 Å². The first kappa shape index (κ1) is 15.6. The molecule has 1 spiro atoms. The van der Waals surface area contributed by atoms with Crippen molar-refractivity contribution in [2.45, 2.75) is 63.7 Å². The fourth-order valence-electron chi connectivity index (χ4n) is 2.92. The second kappa shape index (κ2) is 4.61. The van der Waals surface area contributed by atoms with Crippen molar-refractivity contribution in [3.8, 4) is 0 Å². The van der Waals surface area contributed by atoms with E-state index in [1.807, 2.05) is 0 Å². The van der Waals surface area contributed by atoms with Crippen molar-refractivity contribution in [2.24, 2.45) is 0 Å². The van der Waals surface area contributed by atoms with E-state index in [0.29, 0.717) is 6.42 Å². The number of hydrogen-bond donors (Lipinski definition) is 1. The van der Waals surface area contributed by atoms with Gasteiger partial charge in [0.2, 0.25) is 0 Å². The van der Waals surface area contributed by atoms with E-state index in [2.05, 4.69) is 0 Å². The molecule has 2 heterocycles. The third-order valence-corrected chi connectivity index (χ3v) is 3.90. The molecule has 2 fully saturated rings. The highest BCUT2D eigenvalue weighted by molar-refractivity contribution is 5.86. The van der Waals surface area contributed by atoms with Gasteiger partial charge in [-0.2, -0.15) is 0 Å². The van der Waals surface area contributed by atoms with Gasteiger partial charge in [0.1, 0.15) is 16.7 Å². The summed E-state index contributed by atoms with van der Waals surface area (Å²) in [6, 6.07) is 0. The van der Waals surface area contributed by atoms with E-state index >= 15 is 0 Å². The number of carbonyl (C=O) groups is 3. The molecule has 118 valence electrons. The van der Waals surface area contributed by atoms with E-state index in [4.69, 9.17) is 9.47 Å². The molecular formula is C14H21NO6. The Balaban J connectivity index is 2.28. The number of esters is 1. The Morgan fingerprint density at radius 3 is 2.43 bits per heavy atom. The summed E-state index contributed by atoms with van der Waals surface area (Å²) in [7, 11) is 0. The number of amides is 1. The first-order chi connectivity index (χ1) is 9.47. The fraction of sp³-hybridized carbons (Fsp3) is 0.786. The maximum Gasteiger partial charge on any atom is 0.411 e. The van der Waals surface area contributed by atoms with Gasteiger partial charge in [-0.05, 0) is 34.1 Å². The van der Waals surface area contributed by atoms with Crippen molar-refractivity contribution in [3.63, 3.8) is 0 Å². The number of ether oxygens (including phenoxy) is 2. The zero-order valence-corrected chi connectivity index (χ0v) is 12.8. The molecule has 2 atom stereocenters. The molecule has 2 aliphatic heterocycles. The van der Waals surface area contributed by atoms with Gasteiger partial charge in [0.25, 0.3) is 0 Å². The van der Waals surface area contributed by atoms with Crippen LogP contribution in [0.15, 0.2) is 0 Å². The largest absolute Gasteiger partial charge is 0.480 e. The number of carboxylic acid groups (broad SMARTS) is 1. The van der Waals surface area contributed by atoms with Crippen LogP contribution in [0.25, 0.3) is 0 Å². The second-order valence-electron chi connectivity index (χ2n) is 6.98. The van der Waals surface area contributed by atoms with Gasteiger partial charge in [-0.25, -0.2) is 9.59 Å². The van der Waals surface area contributed by atoms with Gasteiger partial charge in [0.15, 0.2) is 0 Å². The summed E-state index contributed by atoms with van der Waals surface area (Å²) in [6.45, 7) is 6.65. The molecule has 0 radical (unpaired) electrons. The van der Waals surface area contributed by atoms with Crippen molar-refractivity contribution in [2.75, 3.05) is 6.54 Å². The Labute approximate surface area is 123 Å². The lowest BCUT2D eigenvalue weighted by atomic mass is 9.89. The molecule has 0 bridgehead atoms. The fourth-order valence-corrected chi connectivity index (χ4v) is 2.92. The normalized spacial score (nSPS) is 32.4. The van der Waals surface area contributed by atoms with E-state index in [1.165, 1.54) is 11.8 Å². The molecule has 2 saturated heterocycles. The number of nitrogens with zero attached hydrogens (tertiary/aromatic N) is 1. The molecule has 0 aliphatic carbocycles. The number of carbonyl (C=O) groups excluding carboxylic acids is 2. The van der Waals surface area contributed by atoms with E-state index in [-0.39, 0.29) is 25.4 Å². The average Bonchev–Trinajstić information content (AvgIpc) is 2.79. The van der Waals surface area contributed by atoms with Crippen molar-refractivity contribution in [3.05, 3.63) is 0 Å². The highest BCUT2D eigenvalue weighted by Crippen LogP contribution is 2.44. The van der Waals surface area contributed by atoms with Crippen LogP contribution < -0.4 is 0 Å². The average molecular weight is 299 g/mol. The van der Waals surface area contributed by atoms with Crippen LogP contribution in [0, 0.1) is 0 Å². The molecule has 1 unspecified atom stereocenters. The number of hydrogen-bond acceptors (Lipinski definition) is 5. The molecule has 0 aromatic rings. The Bertz CT molecular complexity index is 496. The molecule has 1 N–H and O–H groups in total. The summed E-state index contributed by atoms with van der Waals surface area (Å²) in [4.78, 5) is 36.5. The topological polar surface area (TPSA) is 93.1 Å². The van der Waals surface area contributed by atoms with Crippen LogP contribution in [0.5, 0.6) is 0 Å². The van der Waals surface area contributed by atoms with E-state index < -0.39 is 28.8 Å². The van der Waals surface area contributed by atoms with E-state index in [1.54, 1.807) is 20.8 Å². The number of rotatable bonds is 1. The van der Waals surface area contributed by atoms with Gasteiger partial charge in [0, 0.05) is 12.8 Å². The molecule has 1 amide bonds. The molecule has 2 aliphatic rings. The van der Waals surface area contributed by atoms with Crippen LogP contribution in [0.3, 0.4) is 0 Å². The summed E-state index contributed by atoms with van der Waals surface area (Å²) in [5, 5.41) is 9.51. The number of aliphatic carboxylic acids is 1. The van der Waals surface area contributed by atoms with Gasteiger partial charge >= 0.3 is 18.0 Å². The predicted octanol–water partition coefficient (Wildman–Crippen LogP) is 1.55. The van der Waals surface area contributed by atoms with E-state index in [0.717, 1.165) is 0 Å². The van der Waals surface area contributed by atoms with Gasteiger partial charge in [-0.1, -0.05) is 0 Å². The zero-order chi connectivity index (χ0) is 16.1. The Hall–Kier alpha value is -1.79. The Morgan fingerprint density at radius 2 is 2.00 bits per heavy atom. The third-order valence-electron chi connectivity index (χ3n) is 3.90. The van der Waals surface area contributed by atoms with Gasteiger partial charge in [0.05, 0.1) is 6.54 Å². The molecule has 0 aromatic heterocycles. The molecule has 0 saturated carbocycles. The van der Waals surface area contributed by atoms with Crippen molar-refractivity contribution < 1.29 is 29.0 Å². The highest BCUT2D eigenvalue weighted by Gasteiger charge is 2.61. The first-order valence-electron chi connectivity index (χ1n) is 6.93. The van der Waals surface area contributed by atoms with Gasteiger partial charge < -0.3 is 14.6 Å². The zero-order valence-electron chi connectivity index (χ0n) is 12.8. The van der Waals surface area contributed by atoms with Crippen LogP contribution in [0.1, 0.15) is 47.0 Å². The van der Waals surface area contributed by atoms with Crippen molar-refractivity contribution >= 4 is 18.0 Å². The quantitative estimate of drug-likeness (QED) is 0.738. The molecule has 2 rings (SSSR count). The molecule has 7 heteroatoms. The maximum atomic E-state index is 12.3. The monoisotopic (exact) mass is 299 g/mol. The van der Waals surface area contributed by atoms with Crippen LogP contribution in [0.4, 0.5) is 4.79 Å². The summed E-state index contributed by atoms with van der Waals surface area (Å²) < 4.78 is 10.6. The maximum absolute atomic E-state index is 12.3. The summed E-state index contributed by atoms with van der Waals surface area (Å²) in [6.07, 6.45) is 0.0545. The van der Waals surface area contributed by atoms with Crippen molar-refractivity contribution in [1.82, 2.24) is 4.90 Å². The smallest absolute Gasteiger partial charge is 0.411 e. The van der Waals surface area contributed by atoms with Crippen molar-refractivity contribution in [1.29, 1.82) is 0 Å². The minimum atomic E-state index is -1.44. The minimum absolute atomic E-state index is 0.0520. The SMILES string of the molecule is CC(C)(C)OC(=O)N1C[C@@]2(CCC(=O)O2)CC1(C)C(=O)O. The molecule has 21 heavy (non-hydrogen) atoms.